The fourth-order valence-corrected chi connectivity index (χ4v) is 2.60. The second-order valence-corrected chi connectivity index (χ2v) is 7.29. The first-order valence-corrected chi connectivity index (χ1v) is 7.78. The molecule has 0 radical (unpaired) electrons. The van der Waals surface area contributed by atoms with Crippen LogP contribution >= 0.6 is 0 Å². The molecule has 1 aromatic rings. The number of anilines is 1. The van der Waals surface area contributed by atoms with E-state index in [-0.39, 0.29) is 17.1 Å². The smallest absolute Gasteiger partial charge is 0.241 e. The first-order valence-electron chi connectivity index (χ1n) is 6.29. The van der Waals surface area contributed by atoms with Crippen LogP contribution in [-0.2, 0) is 14.8 Å². The van der Waals surface area contributed by atoms with E-state index < -0.39 is 21.5 Å². The summed E-state index contributed by atoms with van der Waals surface area (Å²) in [5, 5.41) is 2.66. The zero-order valence-corrected chi connectivity index (χ0v) is 13.4. The SMILES string of the molecule is COc1ccc(S(=O)(=O)NCC(=O)NC(C)(C)C)cc1N. The van der Waals surface area contributed by atoms with Crippen molar-refractivity contribution in [3.8, 4) is 5.75 Å². The fraction of sp³-hybridized carbons (Fsp3) is 0.462. The lowest BCUT2D eigenvalue weighted by atomic mass is 10.1. The van der Waals surface area contributed by atoms with Crippen LogP contribution in [0.2, 0.25) is 0 Å². The molecule has 0 aliphatic carbocycles. The maximum atomic E-state index is 12.1. The second kappa shape index (κ2) is 6.31. The summed E-state index contributed by atoms with van der Waals surface area (Å²) >= 11 is 0. The number of methoxy groups -OCH3 is 1. The lowest BCUT2D eigenvalue weighted by Gasteiger charge is -2.20. The van der Waals surface area contributed by atoms with E-state index in [9.17, 15) is 13.2 Å². The molecule has 0 atom stereocenters. The molecule has 0 aromatic heterocycles. The predicted octanol–water partition coefficient (Wildman–Crippen LogP) is 0.470. The molecule has 1 amide bonds. The van der Waals surface area contributed by atoms with E-state index in [0.717, 1.165) is 0 Å². The van der Waals surface area contributed by atoms with Crippen LogP contribution in [0, 0.1) is 0 Å². The Hall–Kier alpha value is -1.80. The Morgan fingerprint density at radius 2 is 1.95 bits per heavy atom. The summed E-state index contributed by atoms with van der Waals surface area (Å²) in [6.07, 6.45) is 0. The zero-order valence-electron chi connectivity index (χ0n) is 12.6. The minimum atomic E-state index is -3.80. The third kappa shape index (κ3) is 5.24. The van der Waals surface area contributed by atoms with Crippen molar-refractivity contribution in [2.45, 2.75) is 31.2 Å². The van der Waals surface area contributed by atoms with Crippen LogP contribution in [0.25, 0.3) is 0 Å². The van der Waals surface area contributed by atoms with Crippen molar-refractivity contribution in [3.63, 3.8) is 0 Å². The Bertz CT molecular complexity index is 621. The highest BCUT2D eigenvalue weighted by Gasteiger charge is 2.19. The van der Waals surface area contributed by atoms with Gasteiger partial charge in [0.25, 0.3) is 0 Å². The summed E-state index contributed by atoms with van der Waals surface area (Å²) in [6, 6.07) is 4.10. The van der Waals surface area contributed by atoms with Gasteiger partial charge in [-0.15, -0.1) is 0 Å². The average molecular weight is 315 g/mol. The topological polar surface area (TPSA) is 111 Å². The van der Waals surface area contributed by atoms with Crippen molar-refractivity contribution < 1.29 is 17.9 Å². The molecule has 118 valence electrons. The Balaban J connectivity index is 2.78. The first kappa shape index (κ1) is 17.3. The van der Waals surface area contributed by atoms with Crippen molar-refractivity contribution in [1.82, 2.24) is 10.0 Å². The van der Waals surface area contributed by atoms with Crippen LogP contribution in [0.5, 0.6) is 5.75 Å². The highest BCUT2D eigenvalue weighted by atomic mass is 32.2. The van der Waals surface area contributed by atoms with E-state index in [1.165, 1.54) is 25.3 Å². The maximum Gasteiger partial charge on any atom is 0.241 e. The van der Waals surface area contributed by atoms with Gasteiger partial charge in [-0.25, -0.2) is 13.1 Å². The van der Waals surface area contributed by atoms with Crippen molar-refractivity contribution in [2.24, 2.45) is 0 Å². The Labute approximate surface area is 124 Å². The Morgan fingerprint density at radius 1 is 1.33 bits per heavy atom. The minimum absolute atomic E-state index is 0.0237. The number of nitrogen functional groups attached to an aromatic ring is 1. The molecule has 0 saturated carbocycles. The molecule has 4 N–H and O–H groups in total. The van der Waals surface area contributed by atoms with Gasteiger partial charge in [-0.3, -0.25) is 4.79 Å². The van der Waals surface area contributed by atoms with E-state index in [4.69, 9.17) is 10.5 Å². The Kier molecular flexibility index (Phi) is 5.19. The van der Waals surface area contributed by atoms with Gasteiger partial charge in [0.2, 0.25) is 15.9 Å². The maximum absolute atomic E-state index is 12.1. The highest BCUT2D eigenvalue weighted by Crippen LogP contribution is 2.24. The van der Waals surface area contributed by atoms with Crippen molar-refractivity contribution in [3.05, 3.63) is 18.2 Å². The molecule has 0 fully saturated rings. The molecule has 0 saturated heterocycles. The molecule has 8 heteroatoms. The molecule has 0 unspecified atom stereocenters. The molecular formula is C13H21N3O4S. The molecule has 0 bridgehead atoms. The summed E-state index contributed by atoms with van der Waals surface area (Å²) in [4.78, 5) is 11.6. The molecule has 7 nitrogen and oxygen atoms in total. The van der Waals surface area contributed by atoms with Gasteiger partial charge in [-0.1, -0.05) is 0 Å². The third-order valence-electron chi connectivity index (χ3n) is 2.45. The molecule has 0 aliphatic rings. The monoisotopic (exact) mass is 315 g/mol. The van der Waals surface area contributed by atoms with Crippen LogP contribution in [0.4, 0.5) is 5.69 Å². The van der Waals surface area contributed by atoms with Gasteiger partial charge >= 0.3 is 0 Å². The molecule has 0 heterocycles. The number of nitrogens with one attached hydrogen (secondary N) is 2. The number of sulfonamides is 1. The van der Waals surface area contributed by atoms with E-state index in [1.807, 2.05) is 20.8 Å². The predicted molar refractivity (Wildman–Crippen MR) is 80.5 cm³/mol. The lowest BCUT2D eigenvalue weighted by Crippen LogP contribution is -2.45. The lowest BCUT2D eigenvalue weighted by molar-refractivity contribution is -0.121. The standard InChI is InChI=1S/C13H21N3O4S/c1-13(2,3)16-12(17)8-15-21(18,19)9-5-6-11(20-4)10(14)7-9/h5-7,15H,8,14H2,1-4H3,(H,16,17). The first-order chi connectivity index (χ1) is 9.55. The highest BCUT2D eigenvalue weighted by molar-refractivity contribution is 7.89. The molecule has 1 aromatic carbocycles. The van der Waals surface area contributed by atoms with E-state index in [1.54, 1.807) is 0 Å². The van der Waals surface area contributed by atoms with E-state index >= 15 is 0 Å². The number of carbonyl (C=O) groups excluding carboxylic acids is 1. The van der Waals surface area contributed by atoms with Gasteiger partial charge in [-0.05, 0) is 39.0 Å². The second-order valence-electron chi connectivity index (χ2n) is 5.53. The molecule has 0 spiro atoms. The van der Waals surface area contributed by atoms with Gasteiger partial charge in [-0.2, -0.15) is 0 Å². The average Bonchev–Trinajstić information content (AvgIpc) is 2.34. The molecule has 0 aliphatic heterocycles. The number of nitrogens with two attached hydrogens (primary N) is 1. The summed E-state index contributed by atoms with van der Waals surface area (Å²) in [5.41, 5.74) is 5.46. The summed E-state index contributed by atoms with van der Waals surface area (Å²) in [7, 11) is -2.37. The van der Waals surface area contributed by atoms with Crippen LogP contribution in [-0.4, -0.2) is 33.5 Å². The quantitative estimate of drug-likeness (QED) is 0.684. The van der Waals surface area contributed by atoms with Crippen molar-refractivity contribution in [1.29, 1.82) is 0 Å². The van der Waals surface area contributed by atoms with Gasteiger partial charge in [0.1, 0.15) is 5.75 Å². The Morgan fingerprint density at radius 3 is 2.43 bits per heavy atom. The molecular weight excluding hydrogens is 294 g/mol. The van der Waals surface area contributed by atoms with Crippen LogP contribution in [0.3, 0.4) is 0 Å². The molecule has 1 rings (SSSR count). The van der Waals surface area contributed by atoms with Crippen molar-refractivity contribution >= 4 is 21.6 Å². The van der Waals surface area contributed by atoms with Crippen LogP contribution in [0.1, 0.15) is 20.8 Å². The largest absolute Gasteiger partial charge is 0.495 e. The normalized spacial score (nSPS) is 12.0. The number of hydrogen-bond acceptors (Lipinski definition) is 5. The number of amides is 1. The fourth-order valence-electron chi connectivity index (χ4n) is 1.59. The van der Waals surface area contributed by atoms with Crippen LogP contribution in [0.15, 0.2) is 23.1 Å². The number of rotatable bonds is 5. The third-order valence-corrected chi connectivity index (χ3v) is 3.85. The van der Waals surface area contributed by atoms with Gasteiger partial charge in [0.05, 0.1) is 24.2 Å². The number of hydrogen-bond donors (Lipinski definition) is 3. The van der Waals surface area contributed by atoms with Gasteiger partial charge in [0, 0.05) is 5.54 Å². The van der Waals surface area contributed by atoms with Gasteiger partial charge in [0.15, 0.2) is 0 Å². The number of benzene rings is 1. The summed E-state index contributed by atoms with van der Waals surface area (Å²) < 4.78 is 31.3. The van der Waals surface area contributed by atoms with Crippen molar-refractivity contribution in [2.75, 3.05) is 19.4 Å². The summed E-state index contributed by atoms with van der Waals surface area (Å²) in [5.74, 6) is -0.0213. The minimum Gasteiger partial charge on any atom is -0.495 e. The van der Waals surface area contributed by atoms with E-state index in [0.29, 0.717) is 5.75 Å². The van der Waals surface area contributed by atoms with E-state index in [2.05, 4.69) is 10.0 Å². The van der Waals surface area contributed by atoms with Crippen LogP contribution < -0.4 is 20.5 Å². The summed E-state index contributed by atoms with van der Waals surface area (Å²) in [6.45, 7) is 5.09. The molecule has 21 heavy (non-hydrogen) atoms. The zero-order chi connectivity index (χ0) is 16.3. The van der Waals surface area contributed by atoms with Gasteiger partial charge < -0.3 is 15.8 Å². The number of carbonyl (C=O) groups is 1. The number of ether oxygens (including phenoxy) is 1.